The van der Waals surface area contributed by atoms with Crippen molar-refractivity contribution in [2.75, 3.05) is 11.5 Å². The van der Waals surface area contributed by atoms with E-state index in [1.165, 1.54) is 11.0 Å². The molecule has 1 amide bonds. The molecule has 1 aromatic rings. The number of nitrogens with one attached hydrogen (secondary N) is 1. The Hall–Kier alpha value is -2.13. The predicted molar refractivity (Wildman–Crippen MR) is 125 cm³/mol. The summed E-state index contributed by atoms with van der Waals surface area (Å²) in [7, 11) is -1.68. The van der Waals surface area contributed by atoms with Crippen LogP contribution in [0.25, 0.3) is 0 Å². The van der Waals surface area contributed by atoms with Crippen molar-refractivity contribution >= 4 is 28.5 Å². The van der Waals surface area contributed by atoms with Crippen LogP contribution in [0.15, 0.2) is 75.2 Å². The second kappa shape index (κ2) is 11.3. The van der Waals surface area contributed by atoms with Crippen LogP contribution in [0.3, 0.4) is 0 Å². The van der Waals surface area contributed by atoms with Crippen molar-refractivity contribution in [3.63, 3.8) is 0 Å². The first-order valence-corrected chi connectivity index (χ1v) is 12.9. The van der Waals surface area contributed by atoms with Gasteiger partial charge in [0.15, 0.2) is 0 Å². The minimum atomic E-state index is -4.47. The molecule has 2 aliphatic rings. The lowest BCUT2D eigenvalue weighted by Crippen LogP contribution is -2.27. The first-order valence-electron chi connectivity index (χ1n) is 10.6. The maximum absolute atomic E-state index is 14.7. The summed E-state index contributed by atoms with van der Waals surface area (Å²) in [6.07, 6.45) is 3.18. The SMILES string of the molecule is CCSC1=CC=C(CC(=O)NC2=CC=C(CS(=O)c3ccc(C(F)(F)F)cc3)C(F)C2)CC1. The fourth-order valence-electron chi connectivity index (χ4n) is 3.51. The van der Waals surface area contributed by atoms with Gasteiger partial charge in [-0.15, -0.1) is 11.8 Å². The van der Waals surface area contributed by atoms with Gasteiger partial charge in [-0.3, -0.25) is 9.00 Å². The van der Waals surface area contributed by atoms with Crippen LogP contribution in [0.2, 0.25) is 0 Å². The summed E-state index contributed by atoms with van der Waals surface area (Å²) in [5.41, 5.74) is 0.939. The zero-order chi connectivity index (χ0) is 24.0. The standard InChI is InChI=1S/C24H25F4NO2S2/c1-2-32-20-9-3-16(4-10-20)13-23(30)29-19-8-5-17(22(25)14-19)15-33(31)21-11-6-18(7-12-21)24(26,27)28/h3,5-9,11-12,22H,2,4,10,13-15H2,1H3,(H,29,30). The normalized spacial score (nSPS) is 19.7. The summed E-state index contributed by atoms with van der Waals surface area (Å²) in [5.74, 6) is 0.688. The number of amides is 1. The quantitative estimate of drug-likeness (QED) is 0.432. The fraction of sp³-hybridized carbons (Fsp3) is 0.375. The Balaban J connectivity index is 1.56. The molecular formula is C24H25F4NO2S2. The van der Waals surface area contributed by atoms with Crippen molar-refractivity contribution in [2.24, 2.45) is 0 Å². The van der Waals surface area contributed by atoms with Crippen LogP contribution in [0.1, 0.15) is 38.2 Å². The summed E-state index contributed by atoms with van der Waals surface area (Å²) >= 11 is 1.80. The number of rotatable bonds is 8. The predicted octanol–water partition coefficient (Wildman–Crippen LogP) is 6.23. The van der Waals surface area contributed by atoms with Gasteiger partial charge in [0.1, 0.15) is 6.17 Å². The molecule has 0 fully saturated rings. The monoisotopic (exact) mass is 499 g/mol. The molecule has 0 spiro atoms. The number of alkyl halides is 4. The molecule has 3 nitrogen and oxygen atoms in total. The molecule has 0 bridgehead atoms. The van der Waals surface area contributed by atoms with E-state index in [-0.39, 0.29) is 35.0 Å². The molecule has 0 saturated carbocycles. The lowest BCUT2D eigenvalue weighted by Gasteiger charge is -2.20. The molecule has 0 saturated heterocycles. The third-order valence-electron chi connectivity index (χ3n) is 5.26. The fourth-order valence-corrected chi connectivity index (χ4v) is 5.48. The van der Waals surface area contributed by atoms with E-state index < -0.39 is 28.7 Å². The van der Waals surface area contributed by atoms with Crippen LogP contribution >= 0.6 is 11.8 Å². The van der Waals surface area contributed by atoms with Gasteiger partial charge in [0, 0.05) is 23.4 Å². The Labute approximate surface area is 197 Å². The van der Waals surface area contributed by atoms with Gasteiger partial charge in [-0.2, -0.15) is 13.2 Å². The van der Waals surface area contributed by atoms with Crippen LogP contribution in [0.4, 0.5) is 17.6 Å². The molecule has 0 aromatic heterocycles. The lowest BCUT2D eigenvalue weighted by atomic mass is 10.00. The highest BCUT2D eigenvalue weighted by molar-refractivity contribution is 8.03. The largest absolute Gasteiger partial charge is 0.416 e. The summed E-state index contributed by atoms with van der Waals surface area (Å²) < 4.78 is 65.1. The van der Waals surface area contributed by atoms with E-state index >= 15 is 0 Å². The third-order valence-corrected chi connectivity index (χ3v) is 7.65. The van der Waals surface area contributed by atoms with Crippen molar-refractivity contribution in [3.05, 3.63) is 75.9 Å². The van der Waals surface area contributed by atoms with Gasteiger partial charge in [0.05, 0.1) is 22.1 Å². The molecule has 3 rings (SSSR count). The summed E-state index contributed by atoms with van der Waals surface area (Å²) in [6, 6.07) is 4.03. The van der Waals surface area contributed by atoms with Crippen molar-refractivity contribution in [1.29, 1.82) is 0 Å². The number of halogens is 4. The Morgan fingerprint density at radius 1 is 1.12 bits per heavy atom. The van der Waals surface area contributed by atoms with Gasteiger partial charge in [0.2, 0.25) is 5.91 Å². The van der Waals surface area contributed by atoms with Crippen LogP contribution < -0.4 is 5.32 Å². The third kappa shape index (κ3) is 7.43. The van der Waals surface area contributed by atoms with Crippen LogP contribution in [0.5, 0.6) is 0 Å². The molecule has 1 N–H and O–H groups in total. The first-order chi connectivity index (χ1) is 15.7. The topological polar surface area (TPSA) is 46.2 Å². The minimum absolute atomic E-state index is 0.0436. The van der Waals surface area contributed by atoms with E-state index in [1.807, 2.05) is 12.2 Å². The zero-order valence-electron chi connectivity index (χ0n) is 18.1. The zero-order valence-corrected chi connectivity index (χ0v) is 19.7. The number of benzene rings is 1. The Morgan fingerprint density at radius 3 is 2.42 bits per heavy atom. The van der Waals surface area contributed by atoms with Gasteiger partial charge in [-0.05, 0) is 59.4 Å². The number of carbonyl (C=O) groups excluding carboxylic acids is 1. The van der Waals surface area contributed by atoms with E-state index in [9.17, 15) is 26.6 Å². The molecule has 1 aromatic carbocycles. The van der Waals surface area contributed by atoms with Crippen LogP contribution in [-0.2, 0) is 21.8 Å². The van der Waals surface area contributed by atoms with E-state index in [2.05, 4.69) is 12.2 Å². The summed E-state index contributed by atoms with van der Waals surface area (Å²) in [4.78, 5) is 13.9. The van der Waals surface area contributed by atoms with E-state index in [4.69, 9.17) is 0 Å². The minimum Gasteiger partial charge on any atom is -0.329 e. The highest BCUT2D eigenvalue weighted by atomic mass is 32.2. The second-order valence-electron chi connectivity index (χ2n) is 7.73. The molecule has 2 aliphatic carbocycles. The molecule has 0 radical (unpaired) electrons. The molecule has 0 aliphatic heterocycles. The second-order valence-corrected chi connectivity index (χ2v) is 10.6. The van der Waals surface area contributed by atoms with Crippen molar-refractivity contribution in [3.8, 4) is 0 Å². The van der Waals surface area contributed by atoms with E-state index in [0.29, 0.717) is 5.70 Å². The first kappa shape index (κ1) is 25.5. The van der Waals surface area contributed by atoms with Gasteiger partial charge in [-0.1, -0.05) is 30.7 Å². The molecule has 0 heterocycles. The molecule has 2 unspecified atom stereocenters. The molecule has 33 heavy (non-hydrogen) atoms. The maximum Gasteiger partial charge on any atom is 0.416 e. The van der Waals surface area contributed by atoms with E-state index in [1.54, 1.807) is 17.8 Å². The van der Waals surface area contributed by atoms with Gasteiger partial charge >= 0.3 is 6.18 Å². The summed E-state index contributed by atoms with van der Waals surface area (Å²) in [5, 5.41) is 2.75. The van der Waals surface area contributed by atoms with Gasteiger partial charge < -0.3 is 5.32 Å². The van der Waals surface area contributed by atoms with Crippen molar-refractivity contribution in [1.82, 2.24) is 5.32 Å². The average Bonchev–Trinajstić information content (AvgIpc) is 2.76. The molecule has 178 valence electrons. The smallest absolute Gasteiger partial charge is 0.329 e. The number of hydrogen-bond acceptors (Lipinski definition) is 3. The Bertz CT molecular complexity index is 1020. The van der Waals surface area contributed by atoms with Crippen molar-refractivity contribution in [2.45, 2.75) is 49.9 Å². The van der Waals surface area contributed by atoms with Gasteiger partial charge in [0.25, 0.3) is 0 Å². The lowest BCUT2D eigenvalue weighted by molar-refractivity contribution is -0.137. The molecule has 9 heteroatoms. The Morgan fingerprint density at radius 2 is 1.85 bits per heavy atom. The van der Waals surface area contributed by atoms with E-state index in [0.717, 1.165) is 48.4 Å². The summed E-state index contributed by atoms with van der Waals surface area (Å²) in [6.45, 7) is 2.10. The maximum atomic E-state index is 14.7. The number of thioether (sulfide) groups is 1. The highest BCUT2D eigenvalue weighted by Crippen LogP contribution is 2.31. The Kier molecular flexibility index (Phi) is 8.75. The number of allylic oxidation sites excluding steroid dienone is 6. The average molecular weight is 500 g/mol. The van der Waals surface area contributed by atoms with Gasteiger partial charge in [-0.25, -0.2) is 4.39 Å². The number of carbonyl (C=O) groups is 1. The van der Waals surface area contributed by atoms with Crippen molar-refractivity contribution < 1.29 is 26.6 Å². The molecular weight excluding hydrogens is 474 g/mol. The van der Waals surface area contributed by atoms with Crippen LogP contribution in [0, 0.1) is 0 Å². The van der Waals surface area contributed by atoms with Crippen LogP contribution in [-0.4, -0.2) is 27.8 Å². The highest BCUT2D eigenvalue weighted by Gasteiger charge is 2.30. The molecule has 2 atom stereocenters. The number of hydrogen-bond donors (Lipinski definition) is 1.